The molecule has 0 bridgehead atoms. The van der Waals surface area contributed by atoms with Crippen molar-refractivity contribution in [3.63, 3.8) is 0 Å². The van der Waals surface area contributed by atoms with Gasteiger partial charge in [-0.1, -0.05) is 11.6 Å². The van der Waals surface area contributed by atoms with Crippen LogP contribution < -0.4 is 0 Å². The molecule has 0 radical (unpaired) electrons. The first kappa shape index (κ1) is 22.3. The molecule has 2 aliphatic heterocycles. The van der Waals surface area contributed by atoms with E-state index in [2.05, 4.69) is 0 Å². The van der Waals surface area contributed by atoms with Gasteiger partial charge < -0.3 is 4.90 Å². The van der Waals surface area contributed by atoms with E-state index in [1.165, 1.54) is 0 Å². The van der Waals surface area contributed by atoms with Crippen LogP contribution in [-0.2, 0) is 21.0 Å². The Kier molecular flexibility index (Phi) is 6.77. The van der Waals surface area contributed by atoms with Gasteiger partial charge in [-0.2, -0.15) is 17.5 Å². The number of halogens is 4. The number of carbonyl (C=O) groups is 1. The highest BCUT2D eigenvalue weighted by molar-refractivity contribution is 7.89. The fourth-order valence-corrected chi connectivity index (χ4v) is 5.59. The number of likely N-dealkylation sites (tertiary alicyclic amines) is 1. The standard InChI is InChI=1S/C18H23ClF3N3O3S/c19-15-5-4-14(18(20,21)22)12-16(15)29(27,28)25-9-3-6-23(10-11-25)13-17(26)24-7-1-2-8-24/h4-5,12H,1-3,6-11,13H2. The molecule has 1 amide bonds. The van der Waals surface area contributed by atoms with Crippen LogP contribution in [0, 0.1) is 0 Å². The van der Waals surface area contributed by atoms with Crippen molar-refractivity contribution < 1.29 is 26.4 Å². The molecule has 2 saturated heterocycles. The summed E-state index contributed by atoms with van der Waals surface area (Å²) >= 11 is 5.93. The van der Waals surface area contributed by atoms with Gasteiger partial charge >= 0.3 is 6.18 Å². The summed E-state index contributed by atoms with van der Waals surface area (Å²) < 4.78 is 66.1. The Labute approximate surface area is 173 Å². The second-order valence-corrected chi connectivity index (χ2v) is 9.58. The topological polar surface area (TPSA) is 60.9 Å². The molecule has 3 rings (SSSR count). The Balaban J connectivity index is 1.71. The van der Waals surface area contributed by atoms with Crippen molar-refractivity contribution in [3.05, 3.63) is 28.8 Å². The number of hydrogen-bond donors (Lipinski definition) is 0. The fourth-order valence-electron chi connectivity index (χ4n) is 3.62. The maximum atomic E-state index is 13.0. The lowest BCUT2D eigenvalue weighted by Gasteiger charge is -2.24. The average molecular weight is 454 g/mol. The lowest BCUT2D eigenvalue weighted by atomic mass is 10.2. The Morgan fingerprint density at radius 3 is 2.34 bits per heavy atom. The van der Waals surface area contributed by atoms with Crippen molar-refractivity contribution in [2.75, 3.05) is 45.8 Å². The summed E-state index contributed by atoms with van der Waals surface area (Å²) in [5.74, 6) is 0.0275. The molecule has 6 nitrogen and oxygen atoms in total. The maximum Gasteiger partial charge on any atom is 0.416 e. The van der Waals surface area contributed by atoms with E-state index in [0.29, 0.717) is 25.6 Å². The Morgan fingerprint density at radius 1 is 1.00 bits per heavy atom. The summed E-state index contributed by atoms with van der Waals surface area (Å²) in [4.78, 5) is 15.5. The van der Waals surface area contributed by atoms with Crippen molar-refractivity contribution in [3.8, 4) is 0 Å². The molecule has 0 N–H and O–H groups in total. The molecule has 0 saturated carbocycles. The SMILES string of the molecule is O=C(CN1CCCN(S(=O)(=O)c2cc(C(F)(F)F)ccc2Cl)CC1)N1CCCC1. The van der Waals surface area contributed by atoms with E-state index >= 15 is 0 Å². The highest BCUT2D eigenvalue weighted by atomic mass is 35.5. The molecule has 0 atom stereocenters. The van der Waals surface area contributed by atoms with Crippen LogP contribution in [0.5, 0.6) is 0 Å². The largest absolute Gasteiger partial charge is 0.416 e. The van der Waals surface area contributed by atoms with Crippen LogP contribution in [0.25, 0.3) is 0 Å². The van der Waals surface area contributed by atoms with Crippen LogP contribution in [0.4, 0.5) is 13.2 Å². The number of sulfonamides is 1. The predicted octanol–water partition coefficient (Wildman–Crippen LogP) is 2.68. The summed E-state index contributed by atoms with van der Waals surface area (Å²) in [5.41, 5.74) is -1.06. The molecule has 11 heteroatoms. The number of carbonyl (C=O) groups excluding carboxylic acids is 1. The van der Waals surface area contributed by atoms with Gasteiger partial charge in [-0.25, -0.2) is 8.42 Å². The molecule has 1 aromatic carbocycles. The first-order valence-electron chi connectivity index (χ1n) is 9.46. The van der Waals surface area contributed by atoms with E-state index in [1.54, 1.807) is 0 Å². The van der Waals surface area contributed by atoms with Gasteiger partial charge in [0, 0.05) is 32.7 Å². The molecule has 29 heavy (non-hydrogen) atoms. The van der Waals surface area contributed by atoms with E-state index in [0.717, 1.165) is 42.4 Å². The molecule has 0 unspecified atom stereocenters. The number of alkyl halides is 3. The number of hydrogen-bond acceptors (Lipinski definition) is 4. The maximum absolute atomic E-state index is 13.0. The third kappa shape index (κ3) is 5.22. The Hall–Kier alpha value is -1.36. The van der Waals surface area contributed by atoms with Crippen LogP contribution in [-0.4, -0.2) is 74.2 Å². The first-order chi connectivity index (χ1) is 13.6. The van der Waals surface area contributed by atoms with Crippen molar-refractivity contribution in [2.45, 2.75) is 30.3 Å². The van der Waals surface area contributed by atoms with Crippen molar-refractivity contribution in [2.24, 2.45) is 0 Å². The van der Waals surface area contributed by atoms with Crippen LogP contribution in [0.2, 0.25) is 5.02 Å². The fraction of sp³-hybridized carbons (Fsp3) is 0.611. The quantitative estimate of drug-likeness (QED) is 0.703. The lowest BCUT2D eigenvalue weighted by molar-refractivity contribution is -0.137. The van der Waals surface area contributed by atoms with E-state index in [-0.39, 0.29) is 30.6 Å². The van der Waals surface area contributed by atoms with Crippen LogP contribution in [0.15, 0.2) is 23.1 Å². The summed E-state index contributed by atoms with van der Waals surface area (Å²) in [6.45, 7) is 2.84. The zero-order valence-corrected chi connectivity index (χ0v) is 17.4. The Morgan fingerprint density at radius 2 is 1.69 bits per heavy atom. The van der Waals surface area contributed by atoms with Crippen LogP contribution in [0.1, 0.15) is 24.8 Å². The monoisotopic (exact) mass is 453 g/mol. The minimum Gasteiger partial charge on any atom is -0.342 e. The van der Waals surface area contributed by atoms with Crippen LogP contribution in [0.3, 0.4) is 0 Å². The second kappa shape index (κ2) is 8.79. The predicted molar refractivity (Wildman–Crippen MR) is 102 cm³/mol. The summed E-state index contributed by atoms with van der Waals surface area (Å²) in [6.07, 6.45) is -2.20. The minimum atomic E-state index is -4.67. The molecular formula is C18H23ClF3N3O3S. The number of benzene rings is 1. The van der Waals surface area contributed by atoms with Crippen molar-refractivity contribution >= 4 is 27.5 Å². The molecule has 2 aliphatic rings. The van der Waals surface area contributed by atoms with E-state index in [1.807, 2.05) is 9.80 Å². The molecule has 0 aromatic heterocycles. The van der Waals surface area contributed by atoms with Gasteiger partial charge in [0.05, 0.1) is 17.1 Å². The second-order valence-electron chi connectivity index (χ2n) is 7.26. The van der Waals surface area contributed by atoms with Gasteiger partial charge in [0.1, 0.15) is 4.90 Å². The van der Waals surface area contributed by atoms with E-state index in [4.69, 9.17) is 11.6 Å². The number of rotatable bonds is 4. The van der Waals surface area contributed by atoms with Gasteiger partial charge in [-0.05, 0) is 44.0 Å². The normalized spacial score (nSPS) is 20.1. The Bertz CT molecular complexity index is 858. The van der Waals surface area contributed by atoms with Crippen molar-refractivity contribution in [1.82, 2.24) is 14.1 Å². The van der Waals surface area contributed by atoms with E-state index in [9.17, 15) is 26.4 Å². The number of amides is 1. The number of nitrogens with zero attached hydrogens (tertiary/aromatic N) is 3. The molecule has 162 valence electrons. The minimum absolute atomic E-state index is 0.0275. The third-order valence-electron chi connectivity index (χ3n) is 5.24. The molecule has 0 aliphatic carbocycles. The molecule has 2 fully saturated rings. The first-order valence-corrected chi connectivity index (χ1v) is 11.3. The van der Waals surface area contributed by atoms with Crippen molar-refractivity contribution in [1.29, 1.82) is 0 Å². The highest BCUT2D eigenvalue weighted by Gasteiger charge is 2.35. The van der Waals surface area contributed by atoms with Gasteiger partial charge in [0.25, 0.3) is 0 Å². The third-order valence-corrected chi connectivity index (χ3v) is 7.62. The summed E-state index contributed by atoms with van der Waals surface area (Å²) in [6, 6.07) is 2.29. The van der Waals surface area contributed by atoms with Gasteiger partial charge in [0.2, 0.25) is 15.9 Å². The zero-order chi connectivity index (χ0) is 21.2. The van der Waals surface area contributed by atoms with Gasteiger partial charge in [0.15, 0.2) is 0 Å². The van der Waals surface area contributed by atoms with Gasteiger partial charge in [-0.3, -0.25) is 9.69 Å². The van der Waals surface area contributed by atoms with Crippen LogP contribution >= 0.6 is 11.6 Å². The highest BCUT2D eigenvalue weighted by Crippen LogP contribution is 2.34. The van der Waals surface area contributed by atoms with E-state index < -0.39 is 26.7 Å². The smallest absolute Gasteiger partial charge is 0.342 e. The zero-order valence-electron chi connectivity index (χ0n) is 15.8. The molecule has 0 spiro atoms. The average Bonchev–Trinajstić information content (AvgIpc) is 3.08. The summed E-state index contributed by atoms with van der Waals surface area (Å²) in [7, 11) is -4.19. The molecular weight excluding hydrogens is 431 g/mol. The molecule has 2 heterocycles. The summed E-state index contributed by atoms with van der Waals surface area (Å²) in [5, 5.41) is -0.247. The lowest BCUT2D eigenvalue weighted by Crippen LogP contribution is -2.41. The van der Waals surface area contributed by atoms with Gasteiger partial charge in [-0.15, -0.1) is 0 Å². The molecule has 1 aromatic rings.